The van der Waals surface area contributed by atoms with Gasteiger partial charge in [-0.05, 0) is 30.0 Å². The summed E-state index contributed by atoms with van der Waals surface area (Å²) in [5.41, 5.74) is 8.51. The van der Waals surface area contributed by atoms with Crippen LogP contribution in [-0.4, -0.2) is 9.97 Å². The van der Waals surface area contributed by atoms with E-state index in [1.54, 1.807) is 12.3 Å². The third-order valence-electron chi connectivity index (χ3n) is 3.11. The van der Waals surface area contributed by atoms with Gasteiger partial charge in [0.15, 0.2) is 0 Å². The molecule has 3 rings (SSSR count). The van der Waals surface area contributed by atoms with Crippen LogP contribution in [0.15, 0.2) is 36.5 Å². The second kappa shape index (κ2) is 3.59. The molecular weight excluding hydrogens is 198 g/mol. The smallest absolute Gasteiger partial charge is 0.134 e. The first-order chi connectivity index (χ1) is 7.83. The number of aromatic nitrogens is 2. The maximum Gasteiger partial charge on any atom is 0.134 e. The predicted octanol–water partition coefficient (Wildman–Crippen LogP) is 1.94. The zero-order valence-corrected chi connectivity index (χ0v) is 8.93. The average molecular weight is 211 g/mol. The van der Waals surface area contributed by atoms with Crippen LogP contribution in [0.4, 0.5) is 5.82 Å². The van der Waals surface area contributed by atoms with E-state index >= 15 is 0 Å². The number of benzene rings is 1. The average Bonchev–Trinajstić information content (AvgIpc) is 2.72. The molecule has 2 aromatic rings. The van der Waals surface area contributed by atoms with Gasteiger partial charge in [0.25, 0.3) is 0 Å². The molecule has 1 heterocycles. The standard InChI is InChI=1S/C13H13N3/c14-12-5-6-15-13(16-12)11-7-9-3-1-2-4-10(9)8-11/h1-6,11H,7-8H2,(H2,14,15,16). The van der Waals surface area contributed by atoms with E-state index in [0.29, 0.717) is 11.7 Å². The van der Waals surface area contributed by atoms with Crippen molar-refractivity contribution in [3.05, 3.63) is 53.5 Å². The Morgan fingerprint density at radius 2 is 1.75 bits per heavy atom. The molecule has 0 unspecified atom stereocenters. The van der Waals surface area contributed by atoms with Gasteiger partial charge in [-0.2, -0.15) is 0 Å². The molecule has 1 aromatic carbocycles. The lowest BCUT2D eigenvalue weighted by Gasteiger charge is -2.06. The Hall–Kier alpha value is -1.90. The van der Waals surface area contributed by atoms with E-state index < -0.39 is 0 Å². The first-order valence-corrected chi connectivity index (χ1v) is 5.48. The van der Waals surface area contributed by atoms with Crippen molar-refractivity contribution in [2.24, 2.45) is 0 Å². The Balaban J connectivity index is 1.91. The third-order valence-corrected chi connectivity index (χ3v) is 3.11. The molecule has 0 saturated heterocycles. The zero-order valence-electron chi connectivity index (χ0n) is 8.93. The van der Waals surface area contributed by atoms with Crippen LogP contribution >= 0.6 is 0 Å². The summed E-state index contributed by atoms with van der Waals surface area (Å²) in [7, 11) is 0. The van der Waals surface area contributed by atoms with E-state index in [1.165, 1.54) is 11.1 Å². The van der Waals surface area contributed by atoms with Crippen LogP contribution in [0.1, 0.15) is 22.9 Å². The van der Waals surface area contributed by atoms with Crippen LogP contribution in [-0.2, 0) is 12.8 Å². The molecule has 1 aromatic heterocycles. The maximum atomic E-state index is 5.68. The van der Waals surface area contributed by atoms with Crippen LogP contribution in [0.2, 0.25) is 0 Å². The molecule has 0 radical (unpaired) electrons. The van der Waals surface area contributed by atoms with Gasteiger partial charge in [0.05, 0.1) is 0 Å². The molecule has 0 atom stereocenters. The van der Waals surface area contributed by atoms with Gasteiger partial charge >= 0.3 is 0 Å². The fourth-order valence-electron chi connectivity index (χ4n) is 2.33. The minimum atomic E-state index is 0.390. The Kier molecular flexibility index (Phi) is 2.10. The molecule has 3 heteroatoms. The molecule has 3 nitrogen and oxygen atoms in total. The second-order valence-corrected chi connectivity index (χ2v) is 4.21. The fourth-order valence-corrected chi connectivity index (χ4v) is 2.33. The molecule has 0 bridgehead atoms. The molecule has 16 heavy (non-hydrogen) atoms. The SMILES string of the molecule is Nc1ccnc(C2Cc3ccccc3C2)n1. The van der Waals surface area contributed by atoms with Crippen molar-refractivity contribution in [3.8, 4) is 0 Å². The van der Waals surface area contributed by atoms with Crippen LogP contribution < -0.4 is 5.73 Å². The number of nitrogens with zero attached hydrogens (tertiary/aromatic N) is 2. The van der Waals surface area contributed by atoms with Crippen LogP contribution in [0.3, 0.4) is 0 Å². The van der Waals surface area contributed by atoms with Gasteiger partial charge in [-0.3, -0.25) is 0 Å². The summed E-state index contributed by atoms with van der Waals surface area (Å²) in [4.78, 5) is 8.62. The number of rotatable bonds is 1. The van der Waals surface area contributed by atoms with Gasteiger partial charge < -0.3 is 5.73 Å². The Morgan fingerprint density at radius 3 is 2.38 bits per heavy atom. The van der Waals surface area contributed by atoms with E-state index in [1.807, 2.05) is 0 Å². The molecule has 2 N–H and O–H groups in total. The van der Waals surface area contributed by atoms with Gasteiger partial charge in [-0.25, -0.2) is 9.97 Å². The van der Waals surface area contributed by atoms with Crippen molar-refractivity contribution >= 4 is 5.82 Å². The van der Waals surface area contributed by atoms with Crippen molar-refractivity contribution in [1.29, 1.82) is 0 Å². The number of anilines is 1. The maximum absolute atomic E-state index is 5.68. The third kappa shape index (κ3) is 1.54. The number of hydrogen-bond donors (Lipinski definition) is 1. The van der Waals surface area contributed by atoms with Crippen LogP contribution in [0.25, 0.3) is 0 Å². The van der Waals surface area contributed by atoms with Crippen LogP contribution in [0, 0.1) is 0 Å². The van der Waals surface area contributed by atoms with Crippen molar-refractivity contribution in [3.63, 3.8) is 0 Å². The Bertz CT molecular complexity index is 497. The largest absolute Gasteiger partial charge is 0.384 e. The minimum absolute atomic E-state index is 0.390. The summed E-state index contributed by atoms with van der Waals surface area (Å²) >= 11 is 0. The predicted molar refractivity (Wildman–Crippen MR) is 63.0 cm³/mol. The summed E-state index contributed by atoms with van der Waals surface area (Å²) in [6, 6.07) is 10.3. The highest BCUT2D eigenvalue weighted by Gasteiger charge is 2.24. The summed E-state index contributed by atoms with van der Waals surface area (Å²) < 4.78 is 0. The highest BCUT2D eigenvalue weighted by molar-refractivity contribution is 5.36. The zero-order chi connectivity index (χ0) is 11.0. The minimum Gasteiger partial charge on any atom is -0.384 e. The summed E-state index contributed by atoms with van der Waals surface area (Å²) in [5.74, 6) is 1.82. The molecular formula is C13H13N3. The molecule has 0 saturated carbocycles. The highest BCUT2D eigenvalue weighted by Crippen LogP contribution is 2.31. The van der Waals surface area contributed by atoms with E-state index in [9.17, 15) is 0 Å². The van der Waals surface area contributed by atoms with Gasteiger partial charge in [0.2, 0.25) is 0 Å². The molecule has 0 spiro atoms. The van der Waals surface area contributed by atoms with E-state index in [2.05, 4.69) is 34.2 Å². The van der Waals surface area contributed by atoms with Crippen molar-refractivity contribution in [2.75, 3.05) is 5.73 Å². The highest BCUT2D eigenvalue weighted by atomic mass is 14.9. The summed E-state index contributed by atoms with van der Waals surface area (Å²) in [6.45, 7) is 0. The molecule has 1 aliphatic rings. The van der Waals surface area contributed by atoms with Gasteiger partial charge in [-0.15, -0.1) is 0 Å². The lowest BCUT2D eigenvalue weighted by atomic mass is 10.1. The van der Waals surface area contributed by atoms with Crippen molar-refractivity contribution in [2.45, 2.75) is 18.8 Å². The number of nitrogens with two attached hydrogens (primary N) is 1. The Labute approximate surface area is 94.4 Å². The van der Waals surface area contributed by atoms with E-state index in [-0.39, 0.29) is 0 Å². The normalized spacial score (nSPS) is 15.0. The molecule has 0 aliphatic heterocycles. The molecule has 1 aliphatic carbocycles. The van der Waals surface area contributed by atoms with Crippen molar-refractivity contribution in [1.82, 2.24) is 9.97 Å². The monoisotopic (exact) mass is 211 g/mol. The van der Waals surface area contributed by atoms with E-state index in [4.69, 9.17) is 5.73 Å². The second-order valence-electron chi connectivity index (χ2n) is 4.21. The summed E-state index contributed by atoms with van der Waals surface area (Å²) in [6.07, 6.45) is 3.79. The first-order valence-electron chi connectivity index (χ1n) is 5.48. The van der Waals surface area contributed by atoms with Crippen LogP contribution in [0.5, 0.6) is 0 Å². The van der Waals surface area contributed by atoms with E-state index in [0.717, 1.165) is 18.7 Å². The fraction of sp³-hybridized carbons (Fsp3) is 0.231. The lowest BCUT2D eigenvalue weighted by Crippen LogP contribution is -2.05. The molecule has 0 amide bonds. The van der Waals surface area contributed by atoms with Gasteiger partial charge in [0, 0.05) is 12.1 Å². The Morgan fingerprint density at radius 1 is 1.06 bits per heavy atom. The topological polar surface area (TPSA) is 51.8 Å². The lowest BCUT2D eigenvalue weighted by molar-refractivity contribution is 0.683. The van der Waals surface area contributed by atoms with Gasteiger partial charge in [-0.1, -0.05) is 24.3 Å². The number of hydrogen-bond acceptors (Lipinski definition) is 3. The molecule has 80 valence electrons. The quantitative estimate of drug-likeness (QED) is 0.784. The summed E-state index contributed by atoms with van der Waals surface area (Å²) in [5, 5.41) is 0. The first kappa shape index (κ1) is 9.33. The van der Waals surface area contributed by atoms with Crippen molar-refractivity contribution < 1.29 is 0 Å². The molecule has 0 fully saturated rings. The number of fused-ring (bicyclic) bond motifs is 1. The number of nitrogen functional groups attached to an aromatic ring is 1. The van der Waals surface area contributed by atoms with Gasteiger partial charge in [0.1, 0.15) is 11.6 Å².